The molecule has 0 saturated carbocycles. The van der Waals surface area contributed by atoms with Crippen LogP contribution in [0.25, 0.3) is 0 Å². The van der Waals surface area contributed by atoms with E-state index in [-0.39, 0.29) is 10.8 Å². The van der Waals surface area contributed by atoms with Crippen molar-refractivity contribution in [3.05, 3.63) is 30.3 Å². The van der Waals surface area contributed by atoms with Gasteiger partial charge in [-0.05, 0) is 63.7 Å². The van der Waals surface area contributed by atoms with Gasteiger partial charge in [0.1, 0.15) is 6.04 Å². The second kappa shape index (κ2) is 8.50. The van der Waals surface area contributed by atoms with Gasteiger partial charge in [-0.15, -0.1) is 0 Å². The Labute approximate surface area is 156 Å². The lowest BCUT2D eigenvalue weighted by Gasteiger charge is -2.35. The van der Waals surface area contributed by atoms with Gasteiger partial charge in [0.2, 0.25) is 15.9 Å². The van der Waals surface area contributed by atoms with Crippen molar-refractivity contribution in [2.24, 2.45) is 5.92 Å². The fourth-order valence-electron chi connectivity index (χ4n) is 4.00. The maximum Gasteiger partial charge on any atom is 0.243 e. The van der Waals surface area contributed by atoms with Gasteiger partial charge in [0.25, 0.3) is 0 Å². The fourth-order valence-corrected chi connectivity index (χ4v) is 5.68. The number of hydrogen-bond donors (Lipinski definition) is 1. The zero-order valence-electron chi connectivity index (χ0n) is 15.4. The van der Waals surface area contributed by atoms with E-state index in [4.69, 9.17) is 0 Å². The molecular formula is C19H29N3O3S. The number of nitrogens with one attached hydrogen (secondary N) is 1. The van der Waals surface area contributed by atoms with E-state index in [0.29, 0.717) is 18.9 Å². The minimum Gasteiger partial charge on any atom is -0.341 e. The number of likely N-dealkylation sites (tertiary alicyclic amines) is 1. The van der Waals surface area contributed by atoms with Gasteiger partial charge in [0.05, 0.1) is 4.90 Å². The highest BCUT2D eigenvalue weighted by molar-refractivity contribution is 7.89. The zero-order chi connectivity index (χ0) is 18.6. The lowest BCUT2D eigenvalue weighted by molar-refractivity contribution is -0.136. The van der Waals surface area contributed by atoms with E-state index in [0.717, 1.165) is 45.3 Å². The van der Waals surface area contributed by atoms with Crippen molar-refractivity contribution >= 4 is 15.9 Å². The molecule has 1 aromatic carbocycles. The molecule has 1 aromatic rings. The molecule has 1 unspecified atom stereocenters. The first-order valence-electron chi connectivity index (χ1n) is 9.54. The van der Waals surface area contributed by atoms with Crippen LogP contribution < -0.4 is 5.32 Å². The molecule has 3 rings (SSSR count). The van der Waals surface area contributed by atoms with Crippen LogP contribution in [0.15, 0.2) is 35.2 Å². The molecule has 2 aliphatic rings. The number of amides is 1. The first-order valence-corrected chi connectivity index (χ1v) is 11.0. The van der Waals surface area contributed by atoms with E-state index < -0.39 is 16.1 Å². The van der Waals surface area contributed by atoms with Gasteiger partial charge in [-0.2, -0.15) is 4.31 Å². The highest BCUT2D eigenvalue weighted by Crippen LogP contribution is 2.29. The minimum absolute atomic E-state index is 0.0194. The van der Waals surface area contributed by atoms with Gasteiger partial charge in [-0.25, -0.2) is 8.42 Å². The lowest BCUT2D eigenvalue weighted by atomic mass is 9.93. The van der Waals surface area contributed by atoms with Gasteiger partial charge >= 0.3 is 0 Å². The van der Waals surface area contributed by atoms with Crippen LogP contribution in [-0.2, 0) is 14.8 Å². The number of piperidine rings is 1. The summed E-state index contributed by atoms with van der Waals surface area (Å²) < 4.78 is 27.3. The summed E-state index contributed by atoms with van der Waals surface area (Å²) in [6, 6.07) is 7.88. The van der Waals surface area contributed by atoms with Crippen molar-refractivity contribution in [2.75, 3.05) is 33.2 Å². The number of hydrogen-bond acceptors (Lipinski definition) is 4. The van der Waals surface area contributed by atoms with Gasteiger partial charge in [-0.1, -0.05) is 18.2 Å². The SMILES string of the molecule is CNCCC1CCN(C(=O)C2CCCN2S(=O)(=O)c2ccccc2)CC1. The van der Waals surface area contributed by atoms with Crippen LogP contribution in [0.5, 0.6) is 0 Å². The summed E-state index contributed by atoms with van der Waals surface area (Å²) in [5.41, 5.74) is 0. The smallest absolute Gasteiger partial charge is 0.243 e. The number of carbonyl (C=O) groups is 1. The minimum atomic E-state index is -3.62. The average molecular weight is 380 g/mol. The average Bonchev–Trinajstić information content (AvgIpc) is 3.17. The van der Waals surface area contributed by atoms with Crippen molar-refractivity contribution in [1.29, 1.82) is 0 Å². The molecule has 144 valence electrons. The van der Waals surface area contributed by atoms with Crippen molar-refractivity contribution in [1.82, 2.24) is 14.5 Å². The van der Waals surface area contributed by atoms with Crippen molar-refractivity contribution in [2.45, 2.75) is 43.0 Å². The number of sulfonamides is 1. The predicted molar refractivity (Wildman–Crippen MR) is 101 cm³/mol. The van der Waals surface area contributed by atoms with E-state index in [2.05, 4.69) is 5.32 Å². The van der Waals surface area contributed by atoms with Crippen LogP contribution in [0, 0.1) is 5.92 Å². The van der Waals surface area contributed by atoms with Crippen LogP contribution in [0.3, 0.4) is 0 Å². The molecule has 0 bridgehead atoms. The Morgan fingerprint density at radius 3 is 2.46 bits per heavy atom. The number of rotatable bonds is 6. The van der Waals surface area contributed by atoms with Gasteiger partial charge in [-0.3, -0.25) is 4.79 Å². The standard InChI is InChI=1S/C19H29N3O3S/c1-20-12-9-16-10-14-21(15-11-16)19(23)18-8-5-13-22(18)26(24,25)17-6-3-2-4-7-17/h2-4,6-7,16,18,20H,5,8-15H2,1H3. The molecule has 0 radical (unpaired) electrons. The van der Waals surface area contributed by atoms with Gasteiger partial charge in [0, 0.05) is 19.6 Å². The Balaban J connectivity index is 1.66. The Bertz CT molecular complexity index is 700. The van der Waals surface area contributed by atoms with E-state index in [1.54, 1.807) is 30.3 Å². The fraction of sp³-hybridized carbons (Fsp3) is 0.632. The van der Waals surface area contributed by atoms with Crippen LogP contribution >= 0.6 is 0 Å². The summed E-state index contributed by atoms with van der Waals surface area (Å²) in [6.45, 7) is 2.91. The molecule has 1 N–H and O–H groups in total. The van der Waals surface area contributed by atoms with Crippen molar-refractivity contribution in [3.63, 3.8) is 0 Å². The second-order valence-electron chi connectivity index (χ2n) is 7.25. The van der Waals surface area contributed by atoms with E-state index in [9.17, 15) is 13.2 Å². The molecule has 26 heavy (non-hydrogen) atoms. The lowest BCUT2D eigenvalue weighted by Crippen LogP contribution is -2.50. The van der Waals surface area contributed by atoms with E-state index >= 15 is 0 Å². The summed E-state index contributed by atoms with van der Waals surface area (Å²) >= 11 is 0. The topological polar surface area (TPSA) is 69.7 Å². The molecule has 0 spiro atoms. The first-order chi connectivity index (χ1) is 12.5. The molecule has 2 aliphatic heterocycles. The number of carbonyl (C=O) groups excluding carboxylic acids is 1. The second-order valence-corrected chi connectivity index (χ2v) is 9.14. The Morgan fingerprint density at radius 2 is 1.81 bits per heavy atom. The highest BCUT2D eigenvalue weighted by Gasteiger charge is 2.41. The number of benzene rings is 1. The quantitative estimate of drug-likeness (QED) is 0.817. The largest absolute Gasteiger partial charge is 0.341 e. The summed E-state index contributed by atoms with van der Waals surface area (Å²) in [5, 5.41) is 3.18. The summed E-state index contributed by atoms with van der Waals surface area (Å²) in [5.74, 6) is 0.633. The summed E-state index contributed by atoms with van der Waals surface area (Å²) in [6.07, 6.45) is 4.50. The normalized spacial score (nSPS) is 22.7. The van der Waals surface area contributed by atoms with Crippen molar-refractivity contribution < 1.29 is 13.2 Å². The molecule has 1 atom stereocenters. The molecule has 2 saturated heterocycles. The zero-order valence-corrected chi connectivity index (χ0v) is 16.2. The molecule has 0 aromatic heterocycles. The molecule has 7 heteroatoms. The van der Waals surface area contributed by atoms with E-state index in [1.807, 2.05) is 11.9 Å². The highest BCUT2D eigenvalue weighted by atomic mass is 32.2. The Kier molecular flexibility index (Phi) is 6.32. The summed E-state index contributed by atoms with van der Waals surface area (Å²) in [7, 11) is -1.66. The summed E-state index contributed by atoms with van der Waals surface area (Å²) in [4.78, 5) is 15.2. The maximum absolute atomic E-state index is 13.0. The van der Waals surface area contributed by atoms with Gasteiger partial charge < -0.3 is 10.2 Å². The van der Waals surface area contributed by atoms with Crippen LogP contribution in [-0.4, -0.2) is 62.8 Å². The number of nitrogens with zero attached hydrogens (tertiary/aromatic N) is 2. The molecule has 1 amide bonds. The van der Waals surface area contributed by atoms with Crippen molar-refractivity contribution in [3.8, 4) is 0 Å². The third-order valence-corrected chi connectivity index (χ3v) is 7.49. The van der Waals surface area contributed by atoms with Crippen LogP contribution in [0.2, 0.25) is 0 Å². The van der Waals surface area contributed by atoms with Crippen LogP contribution in [0.4, 0.5) is 0 Å². The molecule has 2 heterocycles. The van der Waals surface area contributed by atoms with Crippen LogP contribution in [0.1, 0.15) is 32.1 Å². The monoisotopic (exact) mass is 379 g/mol. The Morgan fingerprint density at radius 1 is 1.12 bits per heavy atom. The third-order valence-electron chi connectivity index (χ3n) is 5.57. The molecule has 2 fully saturated rings. The first kappa shape index (κ1) is 19.3. The van der Waals surface area contributed by atoms with E-state index in [1.165, 1.54) is 4.31 Å². The molecular weight excluding hydrogens is 350 g/mol. The molecule has 6 nitrogen and oxygen atoms in total. The van der Waals surface area contributed by atoms with Gasteiger partial charge in [0.15, 0.2) is 0 Å². The maximum atomic E-state index is 13.0. The third kappa shape index (κ3) is 4.10. The molecule has 0 aliphatic carbocycles. The Hall–Kier alpha value is -1.44. The predicted octanol–water partition coefficient (Wildman–Crippen LogP) is 1.69.